The molecule has 0 heterocycles. The van der Waals surface area contributed by atoms with Crippen molar-refractivity contribution in [3.05, 3.63) is 28.8 Å². The van der Waals surface area contributed by atoms with Crippen LogP contribution in [-0.2, 0) is 9.84 Å². The Labute approximate surface area is 96.2 Å². The molecular formula is C11H15ClO2S. The van der Waals surface area contributed by atoms with Crippen molar-refractivity contribution < 1.29 is 8.42 Å². The van der Waals surface area contributed by atoms with Crippen molar-refractivity contribution in [3.8, 4) is 0 Å². The third kappa shape index (κ3) is 2.34. The number of sulfone groups is 1. The van der Waals surface area contributed by atoms with Crippen LogP contribution in [0.4, 0.5) is 0 Å². The highest BCUT2D eigenvalue weighted by Crippen LogP contribution is 2.27. The van der Waals surface area contributed by atoms with Gasteiger partial charge in [0.15, 0.2) is 9.84 Å². The first-order valence-electron chi connectivity index (χ1n) is 4.67. The molecule has 0 amide bonds. The quantitative estimate of drug-likeness (QED) is 0.763. The average Bonchev–Trinajstić information content (AvgIpc) is 2.07. The fourth-order valence-electron chi connectivity index (χ4n) is 1.09. The van der Waals surface area contributed by atoms with Crippen molar-refractivity contribution in [2.24, 2.45) is 0 Å². The van der Waals surface area contributed by atoms with Crippen LogP contribution < -0.4 is 0 Å². The number of halogens is 1. The van der Waals surface area contributed by atoms with E-state index in [1.54, 1.807) is 32.9 Å². The summed E-state index contributed by atoms with van der Waals surface area (Å²) in [5, 5.41) is 0.486. The fraction of sp³-hybridized carbons (Fsp3) is 0.455. The molecule has 0 aliphatic rings. The molecule has 0 radical (unpaired) electrons. The summed E-state index contributed by atoms with van der Waals surface area (Å²) in [6.45, 7) is 6.87. The molecule has 0 aliphatic carbocycles. The molecule has 0 N–H and O–H groups in total. The smallest absolute Gasteiger partial charge is 0.183 e. The SMILES string of the molecule is Cc1ccc(S(=O)(=O)C(C)(C)C)cc1Cl. The number of rotatable bonds is 1. The summed E-state index contributed by atoms with van der Waals surface area (Å²) in [5.41, 5.74) is 0.879. The van der Waals surface area contributed by atoms with Gasteiger partial charge in [0.05, 0.1) is 9.64 Å². The molecule has 0 spiro atoms. The van der Waals surface area contributed by atoms with Gasteiger partial charge in [0, 0.05) is 5.02 Å². The van der Waals surface area contributed by atoms with Gasteiger partial charge >= 0.3 is 0 Å². The molecule has 1 aromatic rings. The topological polar surface area (TPSA) is 34.1 Å². The fourth-order valence-corrected chi connectivity index (χ4v) is 2.57. The molecule has 0 aliphatic heterocycles. The van der Waals surface area contributed by atoms with E-state index in [0.29, 0.717) is 5.02 Å². The maximum atomic E-state index is 12.1. The van der Waals surface area contributed by atoms with E-state index in [0.717, 1.165) is 5.56 Å². The van der Waals surface area contributed by atoms with Crippen LogP contribution in [0.15, 0.2) is 23.1 Å². The number of hydrogen-bond acceptors (Lipinski definition) is 2. The van der Waals surface area contributed by atoms with Gasteiger partial charge in [-0.3, -0.25) is 0 Å². The Bertz CT molecular complexity index is 470. The van der Waals surface area contributed by atoms with Crippen LogP contribution >= 0.6 is 11.6 Å². The van der Waals surface area contributed by atoms with Gasteiger partial charge in [-0.1, -0.05) is 17.7 Å². The highest BCUT2D eigenvalue weighted by atomic mass is 35.5. The molecule has 1 rings (SSSR count). The molecule has 4 heteroatoms. The molecule has 0 fully saturated rings. The Morgan fingerprint density at radius 3 is 2.13 bits per heavy atom. The van der Waals surface area contributed by atoms with E-state index in [9.17, 15) is 8.42 Å². The molecular weight excluding hydrogens is 232 g/mol. The summed E-state index contributed by atoms with van der Waals surface area (Å²) in [5.74, 6) is 0. The minimum absolute atomic E-state index is 0.283. The summed E-state index contributed by atoms with van der Waals surface area (Å²) in [7, 11) is -3.30. The van der Waals surface area contributed by atoms with Crippen LogP contribution in [0.5, 0.6) is 0 Å². The van der Waals surface area contributed by atoms with Crippen molar-refractivity contribution in [3.63, 3.8) is 0 Å². The van der Waals surface area contributed by atoms with Crippen LogP contribution in [0.2, 0.25) is 5.02 Å². The lowest BCUT2D eigenvalue weighted by Gasteiger charge is -2.19. The minimum atomic E-state index is -3.30. The zero-order chi connectivity index (χ0) is 11.9. The molecule has 0 atom stereocenters. The molecule has 1 aromatic carbocycles. The number of aryl methyl sites for hydroxylation is 1. The monoisotopic (exact) mass is 246 g/mol. The summed E-state index contributed by atoms with van der Waals surface area (Å²) >= 11 is 5.91. The molecule has 2 nitrogen and oxygen atoms in total. The van der Waals surface area contributed by atoms with Crippen molar-refractivity contribution in [2.45, 2.75) is 37.3 Å². The van der Waals surface area contributed by atoms with Crippen molar-refractivity contribution in [1.29, 1.82) is 0 Å². The van der Waals surface area contributed by atoms with E-state index in [2.05, 4.69) is 0 Å². The third-order valence-corrected chi connectivity index (χ3v) is 5.15. The lowest BCUT2D eigenvalue weighted by atomic mass is 10.2. The maximum Gasteiger partial charge on any atom is 0.183 e. The predicted octanol–water partition coefficient (Wildman–Crippen LogP) is 3.22. The van der Waals surface area contributed by atoms with Gasteiger partial charge < -0.3 is 0 Å². The minimum Gasteiger partial charge on any atom is -0.223 e. The zero-order valence-corrected chi connectivity index (χ0v) is 10.9. The zero-order valence-electron chi connectivity index (χ0n) is 9.33. The van der Waals surface area contributed by atoms with Crippen LogP contribution in [0.1, 0.15) is 26.3 Å². The highest BCUT2D eigenvalue weighted by Gasteiger charge is 2.30. The molecule has 84 valence electrons. The van der Waals surface area contributed by atoms with E-state index in [-0.39, 0.29) is 4.90 Å². The van der Waals surface area contributed by atoms with E-state index in [1.807, 2.05) is 6.92 Å². The molecule has 0 bridgehead atoms. The predicted molar refractivity (Wildman–Crippen MR) is 63.1 cm³/mol. The molecule has 15 heavy (non-hydrogen) atoms. The van der Waals surface area contributed by atoms with Crippen LogP contribution in [-0.4, -0.2) is 13.2 Å². The number of hydrogen-bond donors (Lipinski definition) is 0. The Hall–Kier alpha value is -0.540. The van der Waals surface area contributed by atoms with Gasteiger partial charge in [-0.2, -0.15) is 0 Å². The molecule has 0 aromatic heterocycles. The molecule has 0 unspecified atom stereocenters. The standard InChI is InChI=1S/C11H15ClO2S/c1-8-5-6-9(7-10(8)12)15(13,14)11(2,3)4/h5-7H,1-4H3. The van der Waals surface area contributed by atoms with Crippen molar-refractivity contribution >= 4 is 21.4 Å². The third-order valence-electron chi connectivity index (χ3n) is 2.26. The lowest BCUT2D eigenvalue weighted by Crippen LogP contribution is -2.27. The largest absolute Gasteiger partial charge is 0.223 e. The van der Waals surface area contributed by atoms with Crippen LogP contribution in [0, 0.1) is 6.92 Å². The first kappa shape index (κ1) is 12.5. The first-order chi connectivity index (χ1) is 6.66. The van der Waals surface area contributed by atoms with Gasteiger partial charge in [0.25, 0.3) is 0 Å². The van der Waals surface area contributed by atoms with Gasteiger partial charge in [-0.15, -0.1) is 0 Å². The Morgan fingerprint density at radius 2 is 1.73 bits per heavy atom. The number of benzene rings is 1. The van der Waals surface area contributed by atoms with E-state index in [4.69, 9.17) is 11.6 Å². The van der Waals surface area contributed by atoms with Crippen LogP contribution in [0.25, 0.3) is 0 Å². The summed E-state index contributed by atoms with van der Waals surface area (Å²) in [6, 6.07) is 4.83. The molecule has 0 saturated carbocycles. The Balaban J connectivity index is 3.36. The average molecular weight is 247 g/mol. The van der Waals surface area contributed by atoms with Gasteiger partial charge in [-0.25, -0.2) is 8.42 Å². The van der Waals surface area contributed by atoms with Crippen molar-refractivity contribution in [2.75, 3.05) is 0 Å². The first-order valence-corrected chi connectivity index (χ1v) is 6.53. The normalized spacial score (nSPS) is 12.9. The van der Waals surface area contributed by atoms with Crippen LogP contribution in [0.3, 0.4) is 0 Å². The van der Waals surface area contributed by atoms with Gasteiger partial charge in [0.1, 0.15) is 0 Å². The van der Waals surface area contributed by atoms with E-state index < -0.39 is 14.6 Å². The maximum absolute atomic E-state index is 12.1. The Morgan fingerprint density at radius 1 is 1.20 bits per heavy atom. The van der Waals surface area contributed by atoms with Crippen molar-refractivity contribution in [1.82, 2.24) is 0 Å². The Kier molecular flexibility index (Phi) is 3.17. The van der Waals surface area contributed by atoms with E-state index in [1.165, 1.54) is 6.07 Å². The summed E-state index contributed by atoms with van der Waals surface area (Å²) in [6.07, 6.45) is 0. The molecule has 0 saturated heterocycles. The lowest BCUT2D eigenvalue weighted by molar-refractivity contribution is 0.560. The summed E-state index contributed by atoms with van der Waals surface area (Å²) < 4.78 is 23.3. The second-order valence-corrected chi connectivity index (χ2v) is 7.64. The van der Waals surface area contributed by atoms with Gasteiger partial charge in [-0.05, 0) is 45.4 Å². The van der Waals surface area contributed by atoms with E-state index >= 15 is 0 Å². The highest BCUT2D eigenvalue weighted by molar-refractivity contribution is 7.92. The summed E-state index contributed by atoms with van der Waals surface area (Å²) in [4.78, 5) is 0.283. The second-order valence-electron chi connectivity index (χ2n) is 4.53. The van der Waals surface area contributed by atoms with Gasteiger partial charge in [0.2, 0.25) is 0 Å². The second kappa shape index (κ2) is 3.80.